The standard InChI is InChI=1S/C15H14F3NO3/c1-10(13-6-3-7-21-13)19-14(20)9-22-12-5-2-4-11(8-12)15(16,17)18/h2-8,10H,9H2,1H3,(H,19,20)/t10-/m0/s1. The average molecular weight is 313 g/mol. The Morgan fingerprint density at radius 2 is 2.09 bits per heavy atom. The van der Waals surface area contributed by atoms with Crippen molar-refractivity contribution in [3.05, 3.63) is 54.0 Å². The third-order valence-corrected chi connectivity index (χ3v) is 2.88. The number of ether oxygens (including phenoxy) is 1. The minimum absolute atomic E-state index is 0.0179. The third kappa shape index (κ3) is 4.28. The van der Waals surface area contributed by atoms with Gasteiger partial charge in [-0.25, -0.2) is 0 Å². The monoisotopic (exact) mass is 313 g/mol. The van der Waals surface area contributed by atoms with Gasteiger partial charge < -0.3 is 14.5 Å². The Kier molecular flexibility index (Phi) is 4.75. The summed E-state index contributed by atoms with van der Waals surface area (Å²) in [5.74, 6) is 0.101. The smallest absolute Gasteiger partial charge is 0.416 e. The van der Waals surface area contributed by atoms with E-state index in [1.165, 1.54) is 18.4 Å². The molecule has 0 unspecified atom stereocenters. The fourth-order valence-electron chi connectivity index (χ4n) is 1.80. The molecule has 0 aliphatic rings. The van der Waals surface area contributed by atoms with Gasteiger partial charge in [-0.2, -0.15) is 13.2 Å². The highest BCUT2D eigenvalue weighted by molar-refractivity contribution is 5.77. The second-order valence-electron chi connectivity index (χ2n) is 4.62. The molecule has 2 aromatic rings. The molecular weight excluding hydrogens is 299 g/mol. The van der Waals surface area contributed by atoms with Gasteiger partial charge >= 0.3 is 6.18 Å². The number of carbonyl (C=O) groups excluding carboxylic acids is 1. The topological polar surface area (TPSA) is 51.5 Å². The van der Waals surface area contributed by atoms with Crippen molar-refractivity contribution in [2.75, 3.05) is 6.61 Å². The molecule has 1 heterocycles. The summed E-state index contributed by atoms with van der Waals surface area (Å²) in [6, 6.07) is 7.41. The van der Waals surface area contributed by atoms with Gasteiger partial charge in [0, 0.05) is 0 Å². The molecule has 0 aliphatic carbocycles. The van der Waals surface area contributed by atoms with E-state index in [9.17, 15) is 18.0 Å². The van der Waals surface area contributed by atoms with E-state index in [-0.39, 0.29) is 18.4 Å². The summed E-state index contributed by atoms with van der Waals surface area (Å²) in [5.41, 5.74) is -0.825. The first kappa shape index (κ1) is 15.9. The van der Waals surface area contributed by atoms with Gasteiger partial charge in [-0.05, 0) is 37.3 Å². The second kappa shape index (κ2) is 6.55. The number of hydrogen-bond donors (Lipinski definition) is 1. The molecule has 1 aromatic heterocycles. The predicted molar refractivity (Wildman–Crippen MR) is 72.2 cm³/mol. The number of halogens is 3. The van der Waals surface area contributed by atoms with Crippen molar-refractivity contribution in [3.8, 4) is 5.75 Å². The van der Waals surface area contributed by atoms with E-state index in [1.54, 1.807) is 19.1 Å². The fraction of sp³-hybridized carbons (Fsp3) is 0.267. The van der Waals surface area contributed by atoms with Crippen molar-refractivity contribution in [3.63, 3.8) is 0 Å². The quantitative estimate of drug-likeness (QED) is 0.918. The van der Waals surface area contributed by atoms with Gasteiger partial charge in [0.2, 0.25) is 0 Å². The van der Waals surface area contributed by atoms with E-state index in [0.29, 0.717) is 5.76 Å². The van der Waals surface area contributed by atoms with Gasteiger partial charge in [-0.1, -0.05) is 6.07 Å². The number of hydrogen-bond acceptors (Lipinski definition) is 3. The second-order valence-corrected chi connectivity index (χ2v) is 4.62. The first-order chi connectivity index (χ1) is 10.4. The van der Waals surface area contributed by atoms with Crippen molar-refractivity contribution < 1.29 is 27.1 Å². The van der Waals surface area contributed by atoms with Gasteiger partial charge in [0.05, 0.1) is 17.9 Å². The zero-order valence-corrected chi connectivity index (χ0v) is 11.7. The van der Waals surface area contributed by atoms with Gasteiger partial charge in [-0.15, -0.1) is 0 Å². The molecule has 4 nitrogen and oxygen atoms in total. The molecule has 118 valence electrons. The van der Waals surface area contributed by atoms with Crippen LogP contribution in [0.1, 0.15) is 24.3 Å². The van der Waals surface area contributed by atoms with E-state index in [2.05, 4.69) is 5.32 Å². The molecule has 7 heteroatoms. The summed E-state index contributed by atoms with van der Waals surface area (Å²) >= 11 is 0. The van der Waals surface area contributed by atoms with Crippen LogP contribution in [0.2, 0.25) is 0 Å². The number of alkyl halides is 3. The van der Waals surface area contributed by atoms with Crippen LogP contribution in [0.5, 0.6) is 5.75 Å². The number of furan rings is 1. The molecule has 1 amide bonds. The molecule has 0 radical (unpaired) electrons. The van der Waals surface area contributed by atoms with Crippen LogP contribution >= 0.6 is 0 Å². The van der Waals surface area contributed by atoms with Crippen LogP contribution in [0.15, 0.2) is 47.1 Å². The van der Waals surface area contributed by atoms with Crippen LogP contribution in [0.4, 0.5) is 13.2 Å². The average Bonchev–Trinajstić information content (AvgIpc) is 2.99. The molecule has 22 heavy (non-hydrogen) atoms. The lowest BCUT2D eigenvalue weighted by Crippen LogP contribution is -2.31. The van der Waals surface area contributed by atoms with Gasteiger partial charge in [0.25, 0.3) is 5.91 Å². The van der Waals surface area contributed by atoms with Crippen LogP contribution in [0, 0.1) is 0 Å². The summed E-state index contributed by atoms with van der Waals surface area (Å²) < 4.78 is 47.9. The molecule has 0 aliphatic heterocycles. The zero-order chi connectivity index (χ0) is 16.2. The summed E-state index contributed by atoms with van der Waals surface area (Å²) in [4.78, 5) is 11.7. The van der Waals surface area contributed by atoms with E-state index >= 15 is 0 Å². The van der Waals surface area contributed by atoms with Gasteiger partial charge in [0.15, 0.2) is 6.61 Å². The largest absolute Gasteiger partial charge is 0.484 e. The number of carbonyl (C=O) groups is 1. The molecule has 0 saturated carbocycles. The van der Waals surface area contributed by atoms with E-state index in [4.69, 9.17) is 9.15 Å². The van der Waals surface area contributed by atoms with Gasteiger partial charge in [0.1, 0.15) is 11.5 Å². The first-order valence-corrected chi connectivity index (χ1v) is 6.49. The van der Waals surface area contributed by atoms with Crippen molar-refractivity contribution >= 4 is 5.91 Å². The molecule has 1 aromatic carbocycles. The lowest BCUT2D eigenvalue weighted by molar-refractivity contribution is -0.137. The van der Waals surface area contributed by atoms with Crippen LogP contribution < -0.4 is 10.1 Å². The molecular formula is C15H14F3NO3. The highest BCUT2D eigenvalue weighted by atomic mass is 19.4. The van der Waals surface area contributed by atoms with E-state index in [0.717, 1.165) is 12.1 Å². The van der Waals surface area contributed by atoms with Crippen LogP contribution in [0.3, 0.4) is 0 Å². The maximum absolute atomic E-state index is 12.6. The number of nitrogens with one attached hydrogen (secondary N) is 1. The zero-order valence-electron chi connectivity index (χ0n) is 11.7. The molecule has 0 saturated heterocycles. The Balaban J connectivity index is 1.89. The lowest BCUT2D eigenvalue weighted by atomic mass is 10.2. The third-order valence-electron chi connectivity index (χ3n) is 2.88. The molecule has 0 spiro atoms. The van der Waals surface area contributed by atoms with E-state index < -0.39 is 17.6 Å². The number of rotatable bonds is 5. The molecule has 0 bridgehead atoms. The highest BCUT2D eigenvalue weighted by Gasteiger charge is 2.30. The van der Waals surface area contributed by atoms with Crippen molar-refractivity contribution in [2.24, 2.45) is 0 Å². The normalized spacial score (nSPS) is 12.7. The Labute approximate surface area is 124 Å². The summed E-state index contributed by atoms with van der Waals surface area (Å²) in [6.07, 6.45) is -2.97. The summed E-state index contributed by atoms with van der Waals surface area (Å²) in [6.45, 7) is 1.34. The number of amides is 1. The Hall–Kier alpha value is -2.44. The Morgan fingerprint density at radius 1 is 1.32 bits per heavy atom. The molecule has 2 rings (SSSR count). The first-order valence-electron chi connectivity index (χ1n) is 6.49. The molecule has 1 N–H and O–H groups in total. The Morgan fingerprint density at radius 3 is 2.73 bits per heavy atom. The SMILES string of the molecule is C[C@H](NC(=O)COc1cccc(C(F)(F)F)c1)c1ccco1. The minimum Gasteiger partial charge on any atom is -0.484 e. The summed E-state index contributed by atoms with van der Waals surface area (Å²) in [5, 5.41) is 2.62. The van der Waals surface area contributed by atoms with Crippen molar-refractivity contribution in [1.29, 1.82) is 0 Å². The highest BCUT2D eigenvalue weighted by Crippen LogP contribution is 2.31. The van der Waals surface area contributed by atoms with Crippen molar-refractivity contribution in [2.45, 2.75) is 19.1 Å². The molecule has 0 fully saturated rings. The fourth-order valence-corrected chi connectivity index (χ4v) is 1.80. The molecule has 1 atom stereocenters. The van der Waals surface area contributed by atoms with Gasteiger partial charge in [-0.3, -0.25) is 4.79 Å². The minimum atomic E-state index is -4.45. The Bertz CT molecular complexity index is 623. The van der Waals surface area contributed by atoms with Crippen molar-refractivity contribution in [1.82, 2.24) is 5.32 Å². The van der Waals surface area contributed by atoms with Crippen LogP contribution in [0.25, 0.3) is 0 Å². The predicted octanol–water partition coefficient (Wildman–Crippen LogP) is 3.55. The van der Waals surface area contributed by atoms with Crippen LogP contribution in [-0.2, 0) is 11.0 Å². The maximum atomic E-state index is 12.6. The van der Waals surface area contributed by atoms with Crippen LogP contribution in [-0.4, -0.2) is 12.5 Å². The van der Waals surface area contributed by atoms with E-state index in [1.807, 2.05) is 0 Å². The summed E-state index contributed by atoms with van der Waals surface area (Å²) in [7, 11) is 0. The lowest BCUT2D eigenvalue weighted by Gasteiger charge is -2.13. The number of benzene rings is 1. The maximum Gasteiger partial charge on any atom is 0.416 e.